The summed E-state index contributed by atoms with van der Waals surface area (Å²) in [6.45, 7) is 13.2. The van der Waals surface area contributed by atoms with Crippen molar-refractivity contribution < 1.29 is 44.8 Å². The maximum atomic E-state index is 3.49. The molecule has 0 radical (unpaired) electrons. The van der Waals surface area contributed by atoms with Crippen LogP contribution in [0.2, 0.25) is 0 Å². The van der Waals surface area contributed by atoms with Crippen LogP contribution in [0.3, 0.4) is 0 Å². The Morgan fingerprint density at radius 3 is 2.00 bits per heavy atom. The first-order chi connectivity index (χ1) is 13.3. The molecule has 0 amide bonds. The van der Waals surface area contributed by atoms with Crippen molar-refractivity contribution in [3.05, 3.63) is 83.0 Å². The van der Waals surface area contributed by atoms with E-state index in [2.05, 4.69) is 110 Å². The summed E-state index contributed by atoms with van der Waals surface area (Å²) < 4.78 is 1.42. The molecule has 4 rings (SSSR count). The Bertz CT molecular complexity index is 807. The first-order valence-electron chi connectivity index (χ1n) is 10.2. The molecule has 0 unspecified atom stereocenters. The van der Waals surface area contributed by atoms with Gasteiger partial charge in [-0.3, -0.25) is 6.08 Å². The number of hydrogen-bond donors (Lipinski definition) is 0. The second-order valence-electron chi connectivity index (χ2n) is 8.23. The quantitative estimate of drug-likeness (QED) is 0.388. The Kier molecular flexibility index (Phi) is 13.8. The summed E-state index contributed by atoms with van der Waals surface area (Å²) in [6.07, 6.45) is 11.0. The smallest absolute Gasteiger partial charge is 0.109 e. The van der Waals surface area contributed by atoms with Crippen LogP contribution in [-0.2, 0) is 26.4 Å². The number of allylic oxidation sites excluding steroid dienone is 4. The molecule has 0 heterocycles. The molecule has 0 saturated heterocycles. The van der Waals surface area contributed by atoms with Crippen LogP contribution in [0, 0.1) is 12.1 Å². The third-order valence-electron chi connectivity index (χ3n) is 4.76. The van der Waals surface area contributed by atoms with Crippen molar-refractivity contribution in [3.8, 4) is 11.1 Å². The number of fused-ring (bicyclic) bond motifs is 3. The third-order valence-corrected chi connectivity index (χ3v) is 4.76. The number of hydrogen-bond acceptors (Lipinski definition) is 0. The molecule has 0 N–H and O–H groups in total. The topological polar surface area (TPSA) is 0 Å². The molecular formula is C27H32Cl2Ti-2. The molecule has 0 atom stereocenters. The first kappa shape index (κ1) is 29.1. The van der Waals surface area contributed by atoms with Gasteiger partial charge in [-0.05, 0) is 17.9 Å². The van der Waals surface area contributed by atoms with Gasteiger partial charge in [0.1, 0.15) is 0 Å². The van der Waals surface area contributed by atoms with E-state index >= 15 is 0 Å². The zero-order chi connectivity index (χ0) is 20.7. The predicted octanol–water partition coefficient (Wildman–Crippen LogP) is 1.36. The summed E-state index contributed by atoms with van der Waals surface area (Å²) >= 11 is 2.08. The average Bonchev–Trinajstić information content (AvgIpc) is 3.31. The van der Waals surface area contributed by atoms with E-state index in [0.29, 0.717) is 11.8 Å². The minimum Gasteiger partial charge on any atom is -1.00 e. The molecular weight excluding hydrogens is 443 g/mol. The van der Waals surface area contributed by atoms with Gasteiger partial charge in [-0.15, -0.1) is 12.0 Å². The predicted molar refractivity (Wildman–Crippen MR) is 120 cm³/mol. The fourth-order valence-corrected chi connectivity index (χ4v) is 3.15. The van der Waals surface area contributed by atoms with E-state index in [-0.39, 0.29) is 24.8 Å². The third kappa shape index (κ3) is 8.68. The van der Waals surface area contributed by atoms with Gasteiger partial charge in [0.05, 0.1) is 0 Å². The van der Waals surface area contributed by atoms with Gasteiger partial charge in [0.25, 0.3) is 0 Å². The standard InChI is InChI=1S/C19H21.C5H5.C3H6.2ClH.Ti/c1-12(2)14-5-7-16-9-17-8-6-15(13(3)4)11-19(17)18(16)10-14;1-2-4-5-3-1;1-3-2;;;/h5-7,10-13H,9H2,1-4H3;1-3H,4H2;1-2H3;2*1H;/q2*-1;;;;+2/p-2. The van der Waals surface area contributed by atoms with E-state index in [1.165, 1.54) is 37.2 Å². The van der Waals surface area contributed by atoms with Gasteiger partial charge in [-0.25, -0.2) is 12.2 Å². The molecule has 0 spiro atoms. The molecule has 0 nitrogen and oxygen atoms in total. The van der Waals surface area contributed by atoms with Gasteiger partial charge in [-0.1, -0.05) is 62.9 Å². The summed E-state index contributed by atoms with van der Waals surface area (Å²) in [5.74, 6) is 1.16. The minimum absolute atomic E-state index is 0. The molecule has 2 aliphatic rings. The molecule has 0 aromatic heterocycles. The molecule has 0 aliphatic heterocycles. The van der Waals surface area contributed by atoms with Crippen LogP contribution >= 0.6 is 0 Å². The van der Waals surface area contributed by atoms with Gasteiger partial charge in [-0.2, -0.15) is 35.4 Å². The zero-order valence-corrected chi connectivity index (χ0v) is 22.0. The molecule has 2 aromatic carbocycles. The minimum atomic E-state index is 0. The first-order valence-corrected chi connectivity index (χ1v) is 11.0. The largest absolute Gasteiger partial charge is 1.00 e. The summed E-state index contributed by atoms with van der Waals surface area (Å²) in [5, 5.41) is 0. The molecule has 0 bridgehead atoms. The van der Waals surface area contributed by atoms with Gasteiger partial charge < -0.3 is 24.8 Å². The van der Waals surface area contributed by atoms with Gasteiger partial charge in [0, 0.05) is 0 Å². The van der Waals surface area contributed by atoms with Crippen LogP contribution in [0.5, 0.6) is 0 Å². The molecule has 0 saturated carbocycles. The number of rotatable bonds is 2. The molecule has 2 aromatic rings. The van der Waals surface area contributed by atoms with Gasteiger partial charge in [0.2, 0.25) is 0 Å². The number of halogens is 2. The molecule has 30 heavy (non-hydrogen) atoms. The summed E-state index contributed by atoms with van der Waals surface area (Å²) in [7, 11) is 0. The van der Waals surface area contributed by atoms with E-state index in [0.717, 1.165) is 12.8 Å². The summed E-state index contributed by atoms with van der Waals surface area (Å²) in [5.41, 5.74) is 8.48. The zero-order valence-electron chi connectivity index (χ0n) is 18.9. The maximum Gasteiger partial charge on any atom is -0.109 e. The van der Waals surface area contributed by atoms with Crippen molar-refractivity contribution in [1.29, 1.82) is 0 Å². The van der Waals surface area contributed by atoms with Crippen LogP contribution in [0.25, 0.3) is 11.1 Å². The van der Waals surface area contributed by atoms with Crippen LogP contribution in [0.1, 0.15) is 82.1 Å². The van der Waals surface area contributed by atoms with Crippen LogP contribution in [0.4, 0.5) is 0 Å². The van der Waals surface area contributed by atoms with E-state index < -0.39 is 0 Å². The van der Waals surface area contributed by atoms with Crippen LogP contribution in [0.15, 0.2) is 48.6 Å². The Labute approximate surface area is 208 Å². The van der Waals surface area contributed by atoms with E-state index in [1.807, 2.05) is 12.2 Å². The van der Waals surface area contributed by atoms with Crippen molar-refractivity contribution >= 4 is 3.81 Å². The Morgan fingerprint density at radius 1 is 0.933 bits per heavy atom. The molecule has 160 valence electrons. The van der Waals surface area contributed by atoms with Crippen molar-refractivity contribution in [2.24, 2.45) is 0 Å². The SMILES string of the molecule is CC(C)c1c[c-]c2c(c1)-c1cc(C(C)C)ccc1C2.C[C](C)=[Ti+2].[C-]1=CC=CC1.[Cl-].[Cl-]. The number of benzene rings is 2. The van der Waals surface area contributed by atoms with Crippen LogP contribution < -0.4 is 24.8 Å². The fourth-order valence-electron chi connectivity index (χ4n) is 3.15. The molecule has 2 aliphatic carbocycles. The van der Waals surface area contributed by atoms with E-state index in [4.69, 9.17) is 0 Å². The second kappa shape index (κ2) is 14.2. The van der Waals surface area contributed by atoms with Crippen molar-refractivity contribution in [3.63, 3.8) is 0 Å². The van der Waals surface area contributed by atoms with Crippen LogP contribution in [-0.4, -0.2) is 3.81 Å². The van der Waals surface area contributed by atoms with Crippen molar-refractivity contribution in [2.45, 2.75) is 66.2 Å². The maximum absolute atomic E-state index is 3.49. The summed E-state index contributed by atoms with van der Waals surface area (Å²) in [4.78, 5) is 0. The molecule has 3 heteroatoms. The monoisotopic (exact) mass is 474 g/mol. The van der Waals surface area contributed by atoms with Gasteiger partial charge >= 0.3 is 37.6 Å². The van der Waals surface area contributed by atoms with Gasteiger partial charge in [0.15, 0.2) is 0 Å². The Morgan fingerprint density at radius 2 is 1.53 bits per heavy atom. The summed E-state index contributed by atoms with van der Waals surface area (Å²) in [6, 6.07) is 15.0. The molecule has 0 fully saturated rings. The Balaban J connectivity index is 0.000000645. The average molecular weight is 475 g/mol. The Hall–Kier alpha value is -0.916. The fraction of sp³-hybridized carbons (Fsp3) is 0.370. The van der Waals surface area contributed by atoms with E-state index in [9.17, 15) is 0 Å². The van der Waals surface area contributed by atoms with Crippen molar-refractivity contribution in [2.75, 3.05) is 0 Å². The normalized spacial score (nSPS) is 12.1. The van der Waals surface area contributed by atoms with Crippen molar-refractivity contribution in [1.82, 2.24) is 0 Å². The second-order valence-corrected chi connectivity index (χ2v) is 9.79. The van der Waals surface area contributed by atoms with E-state index in [1.54, 1.807) is 0 Å².